The van der Waals surface area contributed by atoms with Gasteiger partial charge in [0.2, 0.25) is 5.91 Å². The molecule has 9 heteroatoms. The molecule has 0 aliphatic heterocycles. The fourth-order valence-electron chi connectivity index (χ4n) is 2.88. The molecule has 7 nitrogen and oxygen atoms in total. The van der Waals surface area contributed by atoms with Gasteiger partial charge in [0, 0.05) is 39.8 Å². The second-order valence-corrected chi connectivity index (χ2v) is 8.83. The Hall–Kier alpha value is -3.82. The summed E-state index contributed by atoms with van der Waals surface area (Å²) in [4.78, 5) is 33.0. The molecule has 2 heterocycles. The Kier molecular flexibility index (Phi) is 7.23. The predicted octanol–water partition coefficient (Wildman–Crippen LogP) is 5.39. The number of hydrogen-bond donors (Lipinski definition) is 2. The molecule has 4 rings (SSSR count). The molecule has 2 N–H and O–H groups in total. The Morgan fingerprint density at radius 2 is 1.88 bits per heavy atom. The number of amides is 2. The number of rotatable bonds is 8. The number of benzene rings is 2. The number of nitrogens with zero attached hydrogens (tertiary/aromatic N) is 2. The maximum atomic E-state index is 12.4. The van der Waals surface area contributed by atoms with Crippen molar-refractivity contribution in [2.75, 3.05) is 10.6 Å². The van der Waals surface area contributed by atoms with E-state index in [1.54, 1.807) is 53.3 Å². The van der Waals surface area contributed by atoms with Gasteiger partial charge in [0.25, 0.3) is 5.91 Å². The van der Waals surface area contributed by atoms with E-state index in [1.165, 1.54) is 17.4 Å². The molecule has 0 bridgehead atoms. The highest BCUT2D eigenvalue weighted by Gasteiger charge is 2.08. The number of aromatic nitrogens is 2. The number of nitrogens with one attached hydrogen (secondary N) is 2. The van der Waals surface area contributed by atoms with Gasteiger partial charge in [-0.3, -0.25) is 14.9 Å². The zero-order valence-electron chi connectivity index (χ0n) is 17.6. The van der Waals surface area contributed by atoms with E-state index in [-0.39, 0.29) is 11.8 Å². The molecule has 0 unspecified atom stereocenters. The summed E-state index contributed by atoms with van der Waals surface area (Å²) in [7, 11) is 0. The summed E-state index contributed by atoms with van der Waals surface area (Å²) >= 11 is 2.92. The fourth-order valence-corrected chi connectivity index (χ4v) is 4.01. The number of hydrogen-bond acceptors (Lipinski definition) is 7. The zero-order chi connectivity index (χ0) is 23.0. The van der Waals surface area contributed by atoms with Crippen molar-refractivity contribution in [3.8, 4) is 5.75 Å². The van der Waals surface area contributed by atoms with Gasteiger partial charge in [-0.1, -0.05) is 18.2 Å². The summed E-state index contributed by atoms with van der Waals surface area (Å²) in [6.07, 6.45) is 4.77. The smallest absolute Gasteiger partial charge is 0.257 e. The molecular weight excluding hydrogens is 456 g/mol. The predicted molar refractivity (Wildman–Crippen MR) is 132 cm³/mol. The third-order valence-corrected chi connectivity index (χ3v) is 5.95. The summed E-state index contributed by atoms with van der Waals surface area (Å²) in [5, 5.41) is 10.8. The lowest BCUT2D eigenvalue weighted by atomic mass is 10.1. The van der Waals surface area contributed by atoms with Crippen LogP contribution in [0.1, 0.15) is 26.6 Å². The molecule has 0 atom stereocenters. The van der Waals surface area contributed by atoms with Gasteiger partial charge in [0.05, 0.1) is 10.7 Å². The van der Waals surface area contributed by atoms with E-state index in [4.69, 9.17) is 4.74 Å². The van der Waals surface area contributed by atoms with Crippen LogP contribution < -0.4 is 15.4 Å². The number of ether oxygens (including phenoxy) is 1. The SMILES string of the molecule is Cc1nc(COc2ccccc2/C=C/C(=O)Nc2ccc(C(=O)Nc3nccs3)cc2)cs1. The van der Waals surface area contributed by atoms with Crippen LogP contribution in [0.25, 0.3) is 6.08 Å². The lowest BCUT2D eigenvalue weighted by Gasteiger charge is -2.08. The molecular formula is C24H20N4O3S2. The van der Waals surface area contributed by atoms with Crippen LogP contribution in [-0.4, -0.2) is 21.8 Å². The highest BCUT2D eigenvalue weighted by molar-refractivity contribution is 7.13. The van der Waals surface area contributed by atoms with Crippen LogP contribution in [0.15, 0.2) is 71.6 Å². The number of para-hydroxylation sites is 1. The van der Waals surface area contributed by atoms with Gasteiger partial charge < -0.3 is 10.1 Å². The van der Waals surface area contributed by atoms with Crippen LogP contribution >= 0.6 is 22.7 Å². The standard InChI is InChI=1S/C24H20N4O3S2/c1-16-26-20(15-33-16)14-31-21-5-3-2-4-17(21)8-11-22(29)27-19-9-6-18(7-10-19)23(30)28-24-25-12-13-32-24/h2-13,15H,14H2,1H3,(H,27,29)(H,25,28,30)/b11-8+. The molecule has 33 heavy (non-hydrogen) atoms. The van der Waals surface area contributed by atoms with Crippen molar-refractivity contribution in [1.29, 1.82) is 0 Å². The first-order valence-electron chi connectivity index (χ1n) is 9.99. The lowest BCUT2D eigenvalue weighted by molar-refractivity contribution is -0.111. The summed E-state index contributed by atoms with van der Waals surface area (Å²) in [5.41, 5.74) is 2.71. The summed E-state index contributed by atoms with van der Waals surface area (Å²) in [6.45, 7) is 2.32. The molecule has 2 aromatic carbocycles. The Bertz CT molecular complexity index is 1270. The molecule has 0 fully saturated rings. The highest BCUT2D eigenvalue weighted by atomic mass is 32.1. The minimum atomic E-state index is -0.292. The van der Waals surface area contributed by atoms with Crippen molar-refractivity contribution < 1.29 is 14.3 Å². The van der Waals surface area contributed by atoms with Gasteiger partial charge in [0.1, 0.15) is 12.4 Å². The zero-order valence-corrected chi connectivity index (χ0v) is 19.3. The molecule has 166 valence electrons. The molecule has 0 saturated carbocycles. The average Bonchev–Trinajstić information content (AvgIpc) is 3.49. The van der Waals surface area contributed by atoms with Gasteiger partial charge in [-0.15, -0.1) is 22.7 Å². The molecule has 0 aliphatic carbocycles. The molecule has 2 amide bonds. The number of aryl methyl sites for hydroxylation is 1. The van der Waals surface area contributed by atoms with Gasteiger partial charge >= 0.3 is 0 Å². The van der Waals surface area contributed by atoms with E-state index >= 15 is 0 Å². The molecule has 0 aliphatic rings. The number of carbonyl (C=O) groups is 2. The second kappa shape index (κ2) is 10.7. The minimum Gasteiger partial charge on any atom is -0.487 e. The first-order chi connectivity index (χ1) is 16.1. The maximum Gasteiger partial charge on any atom is 0.257 e. The third kappa shape index (κ3) is 6.34. The molecule has 4 aromatic rings. The van der Waals surface area contributed by atoms with E-state index in [0.717, 1.165) is 16.3 Å². The third-order valence-electron chi connectivity index (χ3n) is 4.44. The largest absolute Gasteiger partial charge is 0.487 e. The molecule has 0 saturated heterocycles. The second-order valence-electron chi connectivity index (χ2n) is 6.88. The van der Waals surface area contributed by atoms with Crippen LogP contribution in [-0.2, 0) is 11.4 Å². The van der Waals surface area contributed by atoms with Crippen molar-refractivity contribution in [2.24, 2.45) is 0 Å². The van der Waals surface area contributed by atoms with Crippen molar-refractivity contribution in [3.63, 3.8) is 0 Å². The Morgan fingerprint density at radius 1 is 1.06 bits per heavy atom. The van der Waals surface area contributed by atoms with Crippen LogP contribution in [0, 0.1) is 6.92 Å². The van der Waals surface area contributed by atoms with Crippen LogP contribution in [0.2, 0.25) is 0 Å². The Morgan fingerprint density at radius 3 is 2.61 bits per heavy atom. The van der Waals surface area contributed by atoms with E-state index < -0.39 is 0 Å². The quantitative estimate of drug-likeness (QED) is 0.333. The Labute approximate surface area is 198 Å². The van der Waals surface area contributed by atoms with Gasteiger partial charge in [0.15, 0.2) is 5.13 Å². The Balaban J connectivity index is 1.34. The van der Waals surface area contributed by atoms with E-state index in [1.807, 2.05) is 36.6 Å². The van der Waals surface area contributed by atoms with Gasteiger partial charge in [-0.25, -0.2) is 9.97 Å². The number of thiazole rings is 2. The van der Waals surface area contributed by atoms with Crippen molar-refractivity contribution in [3.05, 3.63) is 93.4 Å². The van der Waals surface area contributed by atoms with Crippen LogP contribution in [0.3, 0.4) is 0 Å². The van der Waals surface area contributed by atoms with Crippen molar-refractivity contribution >= 4 is 51.4 Å². The molecule has 0 radical (unpaired) electrons. The normalized spacial score (nSPS) is 10.8. The van der Waals surface area contributed by atoms with Gasteiger partial charge in [-0.2, -0.15) is 0 Å². The van der Waals surface area contributed by atoms with Crippen molar-refractivity contribution in [1.82, 2.24) is 9.97 Å². The van der Waals surface area contributed by atoms with E-state index in [9.17, 15) is 9.59 Å². The monoisotopic (exact) mass is 476 g/mol. The highest BCUT2D eigenvalue weighted by Crippen LogP contribution is 2.21. The summed E-state index contributed by atoms with van der Waals surface area (Å²) in [5.74, 6) is 0.120. The van der Waals surface area contributed by atoms with Gasteiger partial charge in [-0.05, 0) is 43.3 Å². The van der Waals surface area contributed by atoms with Crippen LogP contribution in [0.5, 0.6) is 5.75 Å². The number of anilines is 2. The lowest BCUT2D eigenvalue weighted by Crippen LogP contribution is -2.12. The fraction of sp³-hybridized carbons (Fsp3) is 0.0833. The topological polar surface area (TPSA) is 93.2 Å². The maximum absolute atomic E-state index is 12.4. The average molecular weight is 477 g/mol. The minimum absolute atomic E-state index is 0.257. The van der Waals surface area contributed by atoms with E-state index in [2.05, 4.69) is 20.6 Å². The number of carbonyl (C=O) groups excluding carboxylic acids is 2. The molecule has 2 aromatic heterocycles. The summed E-state index contributed by atoms with van der Waals surface area (Å²) in [6, 6.07) is 14.1. The first-order valence-corrected chi connectivity index (χ1v) is 11.8. The van der Waals surface area contributed by atoms with Crippen LogP contribution in [0.4, 0.5) is 10.8 Å². The summed E-state index contributed by atoms with van der Waals surface area (Å²) < 4.78 is 5.88. The van der Waals surface area contributed by atoms with E-state index in [0.29, 0.717) is 28.7 Å². The molecule has 0 spiro atoms. The first kappa shape index (κ1) is 22.4. The van der Waals surface area contributed by atoms with Crippen molar-refractivity contribution in [2.45, 2.75) is 13.5 Å².